The van der Waals surface area contributed by atoms with Crippen molar-refractivity contribution in [1.29, 1.82) is 0 Å². The molecule has 0 saturated carbocycles. The number of nitrogens with zero attached hydrogens (tertiary/aromatic N) is 4. The standard InChI is InChI=1S/C18H16ClN5O2/c1-10-17-13(11-3-5-12(19)6-4-11)9-15(25)20-18(17)24(23-10)14-7-8-16(26-2)22-21-14/h3-8,13H,9H2,1-2H3,(H,20,25)/t13-/m1/s1. The summed E-state index contributed by atoms with van der Waals surface area (Å²) in [6.07, 6.45) is 0.357. The van der Waals surface area contributed by atoms with E-state index in [1.54, 1.807) is 16.8 Å². The molecular formula is C18H16ClN5O2. The number of fused-ring (bicyclic) bond motifs is 1. The molecule has 8 heteroatoms. The van der Waals surface area contributed by atoms with Gasteiger partial charge in [-0.1, -0.05) is 23.7 Å². The summed E-state index contributed by atoms with van der Waals surface area (Å²) in [5.41, 5.74) is 2.83. The fraction of sp³-hybridized carbons (Fsp3) is 0.222. The Morgan fingerprint density at radius 3 is 2.62 bits per heavy atom. The molecular weight excluding hydrogens is 354 g/mol. The second-order valence-electron chi connectivity index (χ2n) is 6.05. The summed E-state index contributed by atoms with van der Waals surface area (Å²) in [5, 5.41) is 16.3. The molecule has 0 aliphatic carbocycles. The molecule has 0 radical (unpaired) electrons. The molecule has 0 spiro atoms. The molecule has 3 heterocycles. The maximum Gasteiger partial charge on any atom is 0.233 e. The van der Waals surface area contributed by atoms with Crippen molar-refractivity contribution in [3.8, 4) is 11.7 Å². The Kier molecular flexibility index (Phi) is 4.08. The van der Waals surface area contributed by atoms with Gasteiger partial charge < -0.3 is 10.1 Å². The van der Waals surface area contributed by atoms with E-state index in [2.05, 4.69) is 20.6 Å². The van der Waals surface area contributed by atoms with Gasteiger partial charge in [0.25, 0.3) is 0 Å². The zero-order valence-corrected chi connectivity index (χ0v) is 15.0. The number of methoxy groups -OCH3 is 1. The van der Waals surface area contributed by atoms with Crippen LogP contribution in [0.1, 0.15) is 29.2 Å². The second-order valence-corrected chi connectivity index (χ2v) is 6.49. The summed E-state index contributed by atoms with van der Waals surface area (Å²) < 4.78 is 6.65. The van der Waals surface area contributed by atoms with Gasteiger partial charge in [-0.15, -0.1) is 10.2 Å². The first-order valence-electron chi connectivity index (χ1n) is 8.09. The fourth-order valence-corrected chi connectivity index (χ4v) is 3.35. The number of rotatable bonds is 3. The van der Waals surface area contributed by atoms with Crippen molar-refractivity contribution in [1.82, 2.24) is 20.0 Å². The first-order valence-corrected chi connectivity index (χ1v) is 8.47. The van der Waals surface area contributed by atoms with E-state index < -0.39 is 0 Å². The Bertz CT molecular complexity index is 966. The number of carbonyl (C=O) groups is 1. The molecule has 1 aliphatic rings. The highest BCUT2D eigenvalue weighted by Gasteiger charge is 2.32. The molecule has 1 aliphatic heterocycles. The van der Waals surface area contributed by atoms with Crippen molar-refractivity contribution in [3.05, 3.63) is 58.2 Å². The van der Waals surface area contributed by atoms with Gasteiger partial charge >= 0.3 is 0 Å². The average molecular weight is 370 g/mol. The highest BCUT2D eigenvalue weighted by atomic mass is 35.5. The van der Waals surface area contributed by atoms with Crippen molar-refractivity contribution in [2.24, 2.45) is 0 Å². The molecule has 1 aromatic carbocycles. The van der Waals surface area contributed by atoms with E-state index in [9.17, 15) is 4.79 Å². The highest BCUT2D eigenvalue weighted by molar-refractivity contribution is 6.30. The number of amides is 1. The van der Waals surface area contributed by atoms with Crippen molar-refractivity contribution in [3.63, 3.8) is 0 Å². The van der Waals surface area contributed by atoms with Crippen molar-refractivity contribution < 1.29 is 9.53 Å². The molecule has 4 rings (SSSR count). The zero-order chi connectivity index (χ0) is 18.3. The molecule has 0 fully saturated rings. The monoisotopic (exact) mass is 369 g/mol. The summed E-state index contributed by atoms with van der Waals surface area (Å²) in [6.45, 7) is 1.92. The Morgan fingerprint density at radius 1 is 1.19 bits per heavy atom. The Hall–Kier alpha value is -2.93. The van der Waals surface area contributed by atoms with Crippen LogP contribution in [0.2, 0.25) is 5.02 Å². The third-order valence-electron chi connectivity index (χ3n) is 4.43. The molecule has 1 atom stereocenters. The van der Waals surface area contributed by atoms with Crippen LogP contribution in [0.15, 0.2) is 36.4 Å². The number of benzene rings is 1. The summed E-state index contributed by atoms with van der Waals surface area (Å²) in [4.78, 5) is 12.3. The lowest BCUT2D eigenvalue weighted by Gasteiger charge is -2.24. The van der Waals surface area contributed by atoms with Crippen molar-refractivity contribution >= 4 is 23.3 Å². The smallest absolute Gasteiger partial charge is 0.233 e. The summed E-state index contributed by atoms with van der Waals surface area (Å²) >= 11 is 6.00. The molecule has 0 saturated heterocycles. The molecule has 1 amide bonds. The summed E-state index contributed by atoms with van der Waals surface area (Å²) in [7, 11) is 1.53. The normalized spacial score (nSPS) is 16.1. The number of hydrogen-bond acceptors (Lipinski definition) is 5. The lowest BCUT2D eigenvalue weighted by atomic mass is 9.86. The van der Waals surface area contributed by atoms with Gasteiger partial charge in [-0.25, -0.2) is 0 Å². The lowest BCUT2D eigenvalue weighted by Crippen LogP contribution is -2.25. The van der Waals surface area contributed by atoms with Gasteiger partial charge in [0.15, 0.2) is 5.82 Å². The van der Waals surface area contributed by atoms with E-state index in [-0.39, 0.29) is 11.8 Å². The molecule has 0 unspecified atom stereocenters. The van der Waals surface area contributed by atoms with E-state index in [0.717, 1.165) is 16.8 Å². The predicted molar refractivity (Wildman–Crippen MR) is 97.0 cm³/mol. The quantitative estimate of drug-likeness (QED) is 0.767. The first kappa shape index (κ1) is 16.5. The number of aryl methyl sites for hydroxylation is 1. The maximum atomic E-state index is 12.3. The van der Waals surface area contributed by atoms with Gasteiger partial charge in [-0.3, -0.25) is 4.79 Å². The SMILES string of the molecule is COc1ccc(-n2nc(C)c3c2NC(=O)C[C@@H]3c2ccc(Cl)cc2)nn1. The van der Waals surface area contributed by atoms with Gasteiger partial charge in [0.2, 0.25) is 11.8 Å². The van der Waals surface area contributed by atoms with Gasteiger partial charge in [0.05, 0.1) is 12.8 Å². The minimum Gasteiger partial charge on any atom is -0.480 e. The van der Waals surface area contributed by atoms with Gasteiger partial charge in [0, 0.05) is 29.0 Å². The molecule has 3 aromatic rings. The maximum absolute atomic E-state index is 12.3. The van der Waals surface area contributed by atoms with E-state index in [1.807, 2.05) is 31.2 Å². The van der Waals surface area contributed by atoms with E-state index in [0.29, 0.717) is 29.0 Å². The Labute approximate surface area is 155 Å². The molecule has 1 N–H and O–H groups in total. The topological polar surface area (TPSA) is 81.9 Å². The van der Waals surface area contributed by atoms with Crippen LogP contribution in [-0.4, -0.2) is 33.0 Å². The second kappa shape index (κ2) is 6.42. The summed E-state index contributed by atoms with van der Waals surface area (Å²) in [6, 6.07) is 11.0. The van der Waals surface area contributed by atoms with Gasteiger partial charge in [0.1, 0.15) is 5.82 Å². The minimum absolute atomic E-state index is 0.0694. The van der Waals surface area contributed by atoms with Crippen LogP contribution < -0.4 is 10.1 Å². The lowest BCUT2D eigenvalue weighted by molar-refractivity contribution is -0.116. The molecule has 132 valence electrons. The molecule has 7 nitrogen and oxygen atoms in total. The molecule has 0 bridgehead atoms. The number of carbonyl (C=O) groups excluding carboxylic acids is 1. The van der Waals surface area contributed by atoms with Gasteiger partial charge in [-0.2, -0.15) is 9.78 Å². The number of ether oxygens (including phenoxy) is 1. The van der Waals surface area contributed by atoms with Crippen LogP contribution >= 0.6 is 11.6 Å². The van der Waals surface area contributed by atoms with Crippen LogP contribution in [0.4, 0.5) is 5.82 Å². The van der Waals surface area contributed by atoms with E-state index in [4.69, 9.17) is 16.3 Å². The third kappa shape index (κ3) is 2.80. The Morgan fingerprint density at radius 2 is 1.96 bits per heavy atom. The predicted octanol–water partition coefficient (Wildman–Crippen LogP) is 3.11. The van der Waals surface area contributed by atoms with E-state index in [1.165, 1.54) is 7.11 Å². The van der Waals surface area contributed by atoms with Crippen molar-refractivity contribution in [2.45, 2.75) is 19.3 Å². The average Bonchev–Trinajstić information content (AvgIpc) is 2.98. The van der Waals surface area contributed by atoms with Crippen LogP contribution in [0, 0.1) is 6.92 Å². The zero-order valence-electron chi connectivity index (χ0n) is 14.2. The highest BCUT2D eigenvalue weighted by Crippen LogP contribution is 2.40. The number of nitrogens with one attached hydrogen (secondary N) is 1. The van der Waals surface area contributed by atoms with Crippen molar-refractivity contribution in [2.75, 3.05) is 12.4 Å². The van der Waals surface area contributed by atoms with Crippen LogP contribution in [0.25, 0.3) is 5.82 Å². The van der Waals surface area contributed by atoms with Crippen LogP contribution in [0.5, 0.6) is 5.88 Å². The number of hydrogen-bond donors (Lipinski definition) is 1. The molecule has 2 aromatic heterocycles. The minimum atomic E-state index is -0.0871. The summed E-state index contributed by atoms with van der Waals surface area (Å²) in [5.74, 6) is 1.39. The third-order valence-corrected chi connectivity index (χ3v) is 4.68. The number of aromatic nitrogens is 4. The van der Waals surface area contributed by atoms with E-state index >= 15 is 0 Å². The largest absolute Gasteiger partial charge is 0.480 e. The number of anilines is 1. The van der Waals surface area contributed by atoms with Gasteiger partial charge in [-0.05, 0) is 30.7 Å². The number of halogens is 1. The Balaban J connectivity index is 1.82. The first-order chi connectivity index (χ1) is 12.6. The fourth-order valence-electron chi connectivity index (χ4n) is 3.23. The van der Waals surface area contributed by atoms with Crippen LogP contribution in [0.3, 0.4) is 0 Å². The van der Waals surface area contributed by atoms with Crippen LogP contribution in [-0.2, 0) is 4.79 Å². The molecule has 26 heavy (non-hydrogen) atoms.